The van der Waals surface area contributed by atoms with Crippen LogP contribution in [0.25, 0.3) is 22.2 Å². The van der Waals surface area contributed by atoms with Crippen molar-refractivity contribution < 1.29 is 4.52 Å². The van der Waals surface area contributed by atoms with Crippen molar-refractivity contribution >= 4 is 16.7 Å². The van der Waals surface area contributed by atoms with Crippen LogP contribution in [0, 0.1) is 13.8 Å². The van der Waals surface area contributed by atoms with Crippen LogP contribution < -0.4 is 5.73 Å². The Kier molecular flexibility index (Phi) is 4.41. The highest BCUT2D eigenvalue weighted by molar-refractivity contribution is 5.92. The molecule has 4 aromatic rings. The average molecular weight is 375 g/mol. The molecular weight excluding hydrogens is 350 g/mol. The van der Waals surface area contributed by atoms with Crippen LogP contribution in [0.5, 0.6) is 0 Å². The van der Waals surface area contributed by atoms with Gasteiger partial charge < -0.3 is 14.8 Å². The maximum absolute atomic E-state index is 6.34. The van der Waals surface area contributed by atoms with E-state index in [2.05, 4.69) is 59.7 Å². The predicted molar refractivity (Wildman–Crippen MR) is 111 cm³/mol. The average Bonchev–Trinajstić information content (AvgIpc) is 3.24. The minimum absolute atomic E-state index is 0.0306. The van der Waals surface area contributed by atoms with Crippen molar-refractivity contribution in [2.45, 2.75) is 46.6 Å². The van der Waals surface area contributed by atoms with Crippen molar-refractivity contribution in [3.05, 3.63) is 59.5 Å². The lowest BCUT2D eigenvalue weighted by molar-refractivity contribution is 0.393. The molecule has 1 atom stereocenters. The second-order valence-corrected chi connectivity index (χ2v) is 7.60. The third-order valence-electron chi connectivity index (χ3n) is 5.26. The number of anilines is 1. The lowest BCUT2D eigenvalue weighted by Gasteiger charge is -2.16. The molecule has 0 aliphatic carbocycles. The van der Waals surface area contributed by atoms with Gasteiger partial charge in [0.25, 0.3) is 0 Å². The largest absolute Gasteiger partial charge is 0.397 e. The number of nitrogens with zero attached hydrogens (tertiary/aromatic N) is 4. The third-order valence-corrected chi connectivity index (χ3v) is 5.26. The van der Waals surface area contributed by atoms with Crippen LogP contribution in [0.15, 0.2) is 41.2 Å². The highest BCUT2D eigenvalue weighted by Gasteiger charge is 2.18. The monoisotopic (exact) mass is 375 g/mol. The fraction of sp³-hybridized carbons (Fsp3) is 0.318. The Balaban J connectivity index is 1.85. The molecule has 3 aromatic heterocycles. The van der Waals surface area contributed by atoms with E-state index in [1.165, 1.54) is 0 Å². The van der Waals surface area contributed by atoms with E-state index in [4.69, 9.17) is 15.2 Å². The summed E-state index contributed by atoms with van der Waals surface area (Å²) in [5.74, 6) is 1.16. The van der Waals surface area contributed by atoms with Gasteiger partial charge in [-0.2, -0.15) is 0 Å². The summed E-state index contributed by atoms with van der Waals surface area (Å²) in [6.45, 7) is 10.3. The molecule has 0 spiro atoms. The summed E-state index contributed by atoms with van der Waals surface area (Å²) in [4.78, 5) is 9.41. The van der Waals surface area contributed by atoms with Gasteiger partial charge in [0, 0.05) is 11.3 Å². The Labute approximate surface area is 164 Å². The quantitative estimate of drug-likeness (QED) is 0.507. The molecule has 28 heavy (non-hydrogen) atoms. The van der Waals surface area contributed by atoms with Crippen LogP contribution in [0.4, 0.5) is 5.69 Å². The number of hydrogen-bond acceptors (Lipinski definition) is 5. The minimum Gasteiger partial charge on any atom is -0.397 e. The highest BCUT2D eigenvalue weighted by atomic mass is 16.5. The number of imidazole rings is 1. The summed E-state index contributed by atoms with van der Waals surface area (Å²) in [6, 6.07) is 10.3. The lowest BCUT2D eigenvalue weighted by atomic mass is 10.0. The van der Waals surface area contributed by atoms with Gasteiger partial charge >= 0.3 is 0 Å². The molecule has 6 heteroatoms. The van der Waals surface area contributed by atoms with Crippen LogP contribution in [-0.2, 0) is 0 Å². The molecule has 3 heterocycles. The molecule has 0 amide bonds. The van der Waals surface area contributed by atoms with E-state index in [0.29, 0.717) is 11.6 Å². The van der Waals surface area contributed by atoms with Crippen molar-refractivity contribution in [1.29, 1.82) is 0 Å². The van der Waals surface area contributed by atoms with Crippen molar-refractivity contribution in [2.75, 3.05) is 5.73 Å². The summed E-state index contributed by atoms with van der Waals surface area (Å²) in [6.07, 6.45) is 1.84. The first kappa shape index (κ1) is 18.2. The van der Waals surface area contributed by atoms with Crippen molar-refractivity contribution in [3.8, 4) is 11.1 Å². The number of rotatable bonds is 4. The fourth-order valence-corrected chi connectivity index (χ4v) is 3.67. The second kappa shape index (κ2) is 6.78. The van der Waals surface area contributed by atoms with E-state index < -0.39 is 0 Å². The molecule has 144 valence electrons. The van der Waals surface area contributed by atoms with E-state index in [1.54, 1.807) is 0 Å². The van der Waals surface area contributed by atoms with Crippen molar-refractivity contribution in [1.82, 2.24) is 19.7 Å². The lowest BCUT2D eigenvalue weighted by Crippen LogP contribution is -2.09. The molecule has 0 saturated heterocycles. The van der Waals surface area contributed by atoms with Crippen LogP contribution in [-0.4, -0.2) is 19.7 Å². The van der Waals surface area contributed by atoms with Gasteiger partial charge in [0.05, 0.1) is 35.0 Å². The maximum atomic E-state index is 6.34. The number of pyridine rings is 1. The van der Waals surface area contributed by atoms with Crippen LogP contribution >= 0.6 is 0 Å². The smallest absolute Gasteiger partial charge is 0.141 e. The molecule has 4 rings (SSSR count). The van der Waals surface area contributed by atoms with E-state index in [0.717, 1.165) is 45.0 Å². The summed E-state index contributed by atoms with van der Waals surface area (Å²) in [5.41, 5.74) is 13.7. The van der Waals surface area contributed by atoms with E-state index in [9.17, 15) is 0 Å². The Morgan fingerprint density at radius 2 is 1.82 bits per heavy atom. The zero-order valence-electron chi connectivity index (χ0n) is 16.9. The van der Waals surface area contributed by atoms with Crippen LogP contribution in [0.3, 0.4) is 0 Å². The maximum Gasteiger partial charge on any atom is 0.141 e. The van der Waals surface area contributed by atoms with Crippen LogP contribution in [0.1, 0.15) is 55.6 Å². The van der Waals surface area contributed by atoms with Gasteiger partial charge in [0.15, 0.2) is 0 Å². The van der Waals surface area contributed by atoms with E-state index in [-0.39, 0.29) is 6.04 Å². The zero-order chi connectivity index (χ0) is 20.0. The predicted octanol–water partition coefficient (Wildman–Crippen LogP) is 5.02. The van der Waals surface area contributed by atoms with Gasteiger partial charge in [0.2, 0.25) is 0 Å². The standard InChI is InChI=1S/C22H25N5O/c1-12(2)18-7-6-8-19(25-18)14(4)27-11-24-22-17(23)9-16(10-20(22)27)21-13(3)26-28-15(21)5/h6-12,14H,23H2,1-5H3/t14-/m1/s1. The van der Waals surface area contributed by atoms with Crippen molar-refractivity contribution in [3.63, 3.8) is 0 Å². The molecule has 0 aliphatic heterocycles. The SMILES string of the molecule is Cc1noc(C)c1-c1cc(N)c2ncn([C@H](C)c3cccc(C(C)C)n3)c2c1. The second-order valence-electron chi connectivity index (χ2n) is 7.60. The topological polar surface area (TPSA) is 82.8 Å². The highest BCUT2D eigenvalue weighted by Crippen LogP contribution is 2.34. The molecule has 0 bridgehead atoms. The zero-order valence-corrected chi connectivity index (χ0v) is 16.9. The van der Waals surface area contributed by atoms with Gasteiger partial charge in [-0.1, -0.05) is 25.1 Å². The summed E-state index contributed by atoms with van der Waals surface area (Å²) >= 11 is 0. The minimum atomic E-state index is 0.0306. The number of aryl methyl sites for hydroxylation is 2. The number of hydrogen-bond donors (Lipinski definition) is 1. The molecule has 6 nitrogen and oxygen atoms in total. The number of nitrogen functional groups attached to an aromatic ring is 1. The van der Waals surface area contributed by atoms with Crippen molar-refractivity contribution in [2.24, 2.45) is 0 Å². The van der Waals surface area contributed by atoms with Crippen LogP contribution in [0.2, 0.25) is 0 Å². The molecule has 0 saturated carbocycles. The van der Waals surface area contributed by atoms with Gasteiger partial charge in [0.1, 0.15) is 11.3 Å². The van der Waals surface area contributed by atoms with Gasteiger partial charge in [-0.05, 0) is 56.5 Å². The van der Waals surface area contributed by atoms with E-state index in [1.807, 2.05) is 26.2 Å². The molecular formula is C22H25N5O. The number of benzene rings is 1. The molecule has 0 aliphatic rings. The first-order chi connectivity index (χ1) is 13.4. The fourth-order valence-electron chi connectivity index (χ4n) is 3.67. The number of nitrogens with two attached hydrogens (primary N) is 1. The Morgan fingerprint density at radius 3 is 2.50 bits per heavy atom. The van der Waals surface area contributed by atoms with Gasteiger partial charge in [-0.15, -0.1) is 0 Å². The molecule has 1 aromatic carbocycles. The summed E-state index contributed by atoms with van der Waals surface area (Å²) in [7, 11) is 0. The Bertz CT molecular complexity index is 1140. The number of aromatic nitrogens is 4. The van der Waals surface area contributed by atoms with Gasteiger partial charge in [-0.3, -0.25) is 4.98 Å². The first-order valence-corrected chi connectivity index (χ1v) is 9.53. The summed E-state index contributed by atoms with van der Waals surface area (Å²) in [5, 5.41) is 4.07. The van der Waals surface area contributed by atoms with E-state index >= 15 is 0 Å². The molecule has 0 unspecified atom stereocenters. The first-order valence-electron chi connectivity index (χ1n) is 9.53. The number of fused-ring (bicyclic) bond motifs is 1. The molecule has 2 N–H and O–H groups in total. The Hall–Kier alpha value is -3.15. The summed E-state index contributed by atoms with van der Waals surface area (Å²) < 4.78 is 7.47. The molecule has 0 radical (unpaired) electrons. The molecule has 0 fully saturated rings. The normalized spacial score (nSPS) is 12.8. The third kappa shape index (κ3) is 2.95. The van der Waals surface area contributed by atoms with Gasteiger partial charge in [-0.25, -0.2) is 4.98 Å². The Morgan fingerprint density at radius 1 is 1.07 bits per heavy atom.